The van der Waals surface area contributed by atoms with Crippen LogP contribution < -0.4 is 5.32 Å². The first-order valence-corrected chi connectivity index (χ1v) is 18.9. The molecule has 0 aromatic heterocycles. The second kappa shape index (κ2) is 18.0. The van der Waals surface area contributed by atoms with Gasteiger partial charge in [-0.3, -0.25) is 4.79 Å². The highest BCUT2D eigenvalue weighted by molar-refractivity contribution is 6.84. The highest BCUT2D eigenvalue weighted by Gasteiger charge is 2.32. The van der Waals surface area contributed by atoms with Gasteiger partial charge in [-0.2, -0.15) is 0 Å². The third-order valence-electron chi connectivity index (χ3n) is 5.49. The Balaban J connectivity index is 3.85. The molecule has 0 aliphatic carbocycles. The molecule has 0 saturated carbocycles. The monoisotopic (exact) mass is 507 g/mol. The number of nitrogens with one attached hydrogen (secondary N) is 1. The standard InChI is InChI=1S/C24H53NO6Si2/c1-21(2)11-12-22(3)25-14-13-24(27)30-20-23(26)19-29-16-10-18-33(7,8)31-32(5,6)17-9-15-28-4/h21-23,25-26H,9-20H2,1-8H3. The number of hydrogen-bond acceptors (Lipinski definition) is 7. The quantitative estimate of drug-likeness (QED) is 0.134. The zero-order chi connectivity index (χ0) is 25.3. The van der Waals surface area contributed by atoms with Crippen LogP contribution in [0, 0.1) is 5.92 Å². The number of methoxy groups -OCH3 is 1. The highest BCUT2D eigenvalue weighted by Crippen LogP contribution is 2.23. The van der Waals surface area contributed by atoms with Crippen LogP contribution in [-0.2, 0) is 23.1 Å². The zero-order valence-corrected chi connectivity index (χ0v) is 24.7. The van der Waals surface area contributed by atoms with Gasteiger partial charge in [0.05, 0.1) is 13.0 Å². The Hall–Kier alpha value is -0.296. The Labute approximate surface area is 205 Å². The Morgan fingerprint density at radius 1 is 0.939 bits per heavy atom. The number of aliphatic hydroxyl groups excluding tert-OH is 1. The molecule has 2 N–H and O–H groups in total. The van der Waals surface area contributed by atoms with E-state index in [2.05, 4.69) is 52.3 Å². The summed E-state index contributed by atoms with van der Waals surface area (Å²) in [6.07, 6.45) is 3.76. The summed E-state index contributed by atoms with van der Waals surface area (Å²) in [6.45, 7) is 17.8. The summed E-state index contributed by atoms with van der Waals surface area (Å²) < 4.78 is 22.5. The lowest BCUT2D eigenvalue weighted by molar-refractivity contribution is -0.147. The van der Waals surface area contributed by atoms with E-state index in [1.54, 1.807) is 7.11 Å². The van der Waals surface area contributed by atoms with Gasteiger partial charge in [0.1, 0.15) is 12.7 Å². The summed E-state index contributed by atoms with van der Waals surface area (Å²) in [7, 11) is -1.66. The van der Waals surface area contributed by atoms with Crippen LogP contribution in [0.15, 0.2) is 0 Å². The van der Waals surface area contributed by atoms with Gasteiger partial charge in [0.2, 0.25) is 0 Å². The minimum absolute atomic E-state index is 0.0215. The SMILES string of the molecule is COCCC[Si](C)(C)O[Si](C)(C)CCCOCC(O)COC(=O)CCNC(C)CCC(C)C. The average Bonchev–Trinajstić information content (AvgIpc) is 2.69. The highest BCUT2D eigenvalue weighted by atomic mass is 28.4. The van der Waals surface area contributed by atoms with Crippen molar-refractivity contribution in [2.45, 2.75) is 103 Å². The van der Waals surface area contributed by atoms with E-state index >= 15 is 0 Å². The van der Waals surface area contributed by atoms with Gasteiger partial charge in [0.15, 0.2) is 16.6 Å². The smallest absolute Gasteiger partial charge is 0.307 e. The predicted octanol–water partition coefficient (Wildman–Crippen LogP) is 4.56. The molecule has 0 heterocycles. The van der Waals surface area contributed by atoms with Crippen LogP contribution in [0.4, 0.5) is 0 Å². The summed E-state index contributed by atoms with van der Waals surface area (Å²) in [5.74, 6) is 0.398. The molecule has 7 nitrogen and oxygen atoms in total. The number of rotatable bonds is 21. The fraction of sp³-hybridized carbons (Fsp3) is 0.958. The summed E-state index contributed by atoms with van der Waals surface area (Å²) in [5.41, 5.74) is 0. The summed E-state index contributed by atoms with van der Waals surface area (Å²) in [5, 5.41) is 13.4. The molecule has 0 saturated heterocycles. The van der Waals surface area contributed by atoms with E-state index in [1.807, 2.05) is 0 Å². The van der Waals surface area contributed by atoms with Gasteiger partial charge in [-0.1, -0.05) is 13.8 Å². The molecule has 0 aliphatic heterocycles. The van der Waals surface area contributed by atoms with E-state index in [4.69, 9.17) is 18.3 Å². The van der Waals surface area contributed by atoms with Crippen LogP contribution in [0.1, 0.15) is 52.9 Å². The Kier molecular flexibility index (Phi) is 17.9. The molecule has 0 aromatic carbocycles. The predicted molar refractivity (Wildman–Crippen MR) is 141 cm³/mol. The third-order valence-corrected chi connectivity index (χ3v) is 13.0. The van der Waals surface area contributed by atoms with Crippen LogP contribution >= 0.6 is 0 Å². The topological polar surface area (TPSA) is 86.2 Å². The van der Waals surface area contributed by atoms with Crippen LogP contribution in [0.2, 0.25) is 38.3 Å². The number of carbonyl (C=O) groups excluding carboxylic acids is 1. The number of aliphatic hydroxyl groups is 1. The maximum Gasteiger partial charge on any atom is 0.307 e. The number of esters is 1. The molecule has 0 fully saturated rings. The fourth-order valence-electron chi connectivity index (χ4n) is 3.73. The lowest BCUT2D eigenvalue weighted by Gasteiger charge is -2.34. The van der Waals surface area contributed by atoms with Crippen molar-refractivity contribution >= 4 is 22.6 Å². The first-order chi connectivity index (χ1) is 15.4. The molecule has 33 heavy (non-hydrogen) atoms. The summed E-state index contributed by atoms with van der Waals surface area (Å²) in [6, 6.07) is 2.54. The maximum atomic E-state index is 11.9. The van der Waals surface area contributed by atoms with Gasteiger partial charge >= 0.3 is 5.97 Å². The first kappa shape index (κ1) is 32.7. The van der Waals surface area contributed by atoms with Crippen LogP contribution in [0.5, 0.6) is 0 Å². The Morgan fingerprint density at radius 3 is 2.12 bits per heavy atom. The van der Waals surface area contributed by atoms with Gasteiger partial charge in [-0.25, -0.2) is 0 Å². The van der Waals surface area contributed by atoms with Crippen molar-refractivity contribution in [2.24, 2.45) is 5.92 Å². The molecule has 2 unspecified atom stereocenters. The van der Waals surface area contributed by atoms with Crippen LogP contribution in [0.3, 0.4) is 0 Å². The van der Waals surface area contributed by atoms with Gasteiger partial charge in [0.25, 0.3) is 0 Å². The second-order valence-corrected chi connectivity index (χ2v) is 19.7. The molecule has 0 aromatic rings. The molecule has 0 radical (unpaired) electrons. The molecule has 2 atom stereocenters. The molecule has 0 spiro atoms. The molecule has 9 heteroatoms. The van der Waals surface area contributed by atoms with E-state index in [0.29, 0.717) is 31.5 Å². The Morgan fingerprint density at radius 2 is 1.55 bits per heavy atom. The lowest BCUT2D eigenvalue weighted by Crippen LogP contribution is -2.44. The van der Waals surface area contributed by atoms with Crippen molar-refractivity contribution in [1.29, 1.82) is 0 Å². The fourth-order valence-corrected chi connectivity index (χ4v) is 12.5. The molecular weight excluding hydrogens is 454 g/mol. The van der Waals surface area contributed by atoms with Crippen molar-refractivity contribution in [3.63, 3.8) is 0 Å². The van der Waals surface area contributed by atoms with Crippen molar-refractivity contribution in [3.05, 3.63) is 0 Å². The van der Waals surface area contributed by atoms with Crippen molar-refractivity contribution in [3.8, 4) is 0 Å². The van der Waals surface area contributed by atoms with Crippen molar-refractivity contribution < 1.29 is 28.2 Å². The van der Waals surface area contributed by atoms with Crippen molar-refractivity contribution in [1.82, 2.24) is 5.32 Å². The van der Waals surface area contributed by atoms with Crippen LogP contribution in [-0.4, -0.2) is 79.9 Å². The van der Waals surface area contributed by atoms with E-state index in [9.17, 15) is 9.90 Å². The normalized spacial score (nSPS) is 14.5. The Bertz CT molecular complexity index is 505. The average molecular weight is 508 g/mol. The molecule has 0 bridgehead atoms. The van der Waals surface area contributed by atoms with E-state index in [1.165, 1.54) is 6.42 Å². The molecular formula is C24H53NO6Si2. The minimum atomic E-state index is -1.74. The van der Waals surface area contributed by atoms with E-state index in [0.717, 1.165) is 38.0 Å². The van der Waals surface area contributed by atoms with E-state index in [-0.39, 0.29) is 19.2 Å². The molecule has 0 aliphatic rings. The van der Waals surface area contributed by atoms with Gasteiger partial charge in [0, 0.05) is 32.9 Å². The summed E-state index contributed by atoms with van der Waals surface area (Å²) >= 11 is 0. The number of hydrogen-bond donors (Lipinski definition) is 2. The summed E-state index contributed by atoms with van der Waals surface area (Å²) in [4.78, 5) is 11.9. The van der Waals surface area contributed by atoms with Crippen LogP contribution in [0.25, 0.3) is 0 Å². The van der Waals surface area contributed by atoms with Gasteiger partial charge < -0.3 is 28.7 Å². The first-order valence-electron chi connectivity index (χ1n) is 12.7. The number of carbonyl (C=O) groups is 1. The van der Waals surface area contributed by atoms with Gasteiger partial charge in [-0.05, 0) is 76.8 Å². The van der Waals surface area contributed by atoms with E-state index < -0.39 is 22.7 Å². The molecule has 0 amide bonds. The molecule has 0 rings (SSSR count). The maximum absolute atomic E-state index is 11.9. The second-order valence-electron chi connectivity index (χ2n) is 10.8. The van der Waals surface area contributed by atoms with Crippen molar-refractivity contribution in [2.75, 3.05) is 40.1 Å². The largest absolute Gasteiger partial charge is 0.463 e. The third kappa shape index (κ3) is 20.8. The van der Waals surface area contributed by atoms with Gasteiger partial charge in [-0.15, -0.1) is 0 Å². The lowest BCUT2D eigenvalue weighted by atomic mass is 10.0. The number of ether oxygens (including phenoxy) is 3. The molecule has 198 valence electrons. The zero-order valence-electron chi connectivity index (χ0n) is 22.7. The minimum Gasteiger partial charge on any atom is -0.463 e.